The number of nitrogen functional groups attached to an aromatic ring is 1. The van der Waals surface area contributed by atoms with Gasteiger partial charge < -0.3 is 19.9 Å². The lowest BCUT2D eigenvalue weighted by molar-refractivity contribution is -0.139. The van der Waals surface area contributed by atoms with Gasteiger partial charge in [0.25, 0.3) is 0 Å². The van der Waals surface area contributed by atoms with E-state index in [-0.39, 0.29) is 30.8 Å². The Morgan fingerprint density at radius 2 is 1.74 bits per heavy atom. The van der Waals surface area contributed by atoms with Crippen molar-refractivity contribution in [3.8, 4) is 11.8 Å². The SMILES string of the molecule is COC(=O)Cc1cccc(Cn2c(Br)nc3c(N)nc(OCCOc4ccc(Br)cc4)nc32)c1. The molecule has 0 aliphatic heterocycles. The molecule has 0 unspecified atom stereocenters. The molecule has 176 valence electrons. The number of hydrogen-bond acceptors (Lipinski definition) is 8. The fourth-order valence-electron chi connectivity index (χ4n) is 3.26. The van der Waals surface area contributed by atoms with Crippen molar-refractivity contribution in [2.75, 3.05) is 26.1 Å². The highest BCUT2D eigenvalue weighted by molar-refractivity contribution is 9.10. The van der Waals surface area contributed by atoms with Gasteiger partial charge in [0.15, 0.2) is 21.7 Å². The van der Waals surface area contributed by atoms with E-state index in [4.69, 9.17) is 19.9 Å². The zero-order valence-electron chi connectivity index (χ0n) is 18.2. The summed E-state index contributed by atoms with van der Waals surface area (Å²) < 4.78 is 19.5. The number of aromatic nitrogens is 4. The topological polar surface area (TPSA) is 114 Å². The van der Waals surface area contributed by atoms with Gasteiger partial charge in [-0.2, -0.15) is 9.97 Å². The lowest BCUT2D eigenvalue weighted by Gasteiger charge is -2.10. The second-order valence-electron chi connectivity index (χ2n) is 7.25. The lowest BCUT2D eigenvalue weighted by atomic mass is 10.1. The molecule has 0 aliphatic rings. The molecule has 9 nitrogen and oxygen atoms in total. The van der Waals surface area contributed by atoms with Crippen molar-refractivity contribution in [1.29, 1.82) is 0 Å². The molecular weight excluding hydrogens is 570 g/mol. The first-order chi connectivity index (χ1) is 16.4. The molecule has 0 spiro atoms. The maximum atomic E-state index is 11.6. The number of carbonyl (C=O) groups is 1. The van der Waals surface area contributed by atoms with E-state index in [9.17, 15) is 4.79 Å². The third-order valence-electron chi connectivity index (χ3n) is 4.86. The molecule has 11 heteroatoms. The zero-order chi connectivity index (χ0) is 24.1. The van der Waals surface area contributed by atoms with E-state index in [1.807, 2.05) is 53.1 Å². The Labute approximate surface area is 212 Å². The van der Waals surface area contributed by atoms with Crippen LogP contribution in [-0.2, 0) is 22.5 Å². The second kappa shape index (κ2) is 10.8. The van der Waals surface area contributed by atoms with Crippen LogP contribution in [0.1, 0.15) is 11.1 Å². The highest BCUT2D eigenvalue weighted by Crippen LogP contribution is 2.26. The van der Waals surface area contributed by atoms with E-state index in [0.29, 0.717) is 29.0 Å². The number of hydrogen-bond donors (Lipinski definition) is 1. The Hall–Kier alpha value is -3.18. The van der Waals surface area contributed by atoms with Crippen LogP contribution in [0.4, 0.5) is 5.82 Å². The van der Waals surface area contributed by atoms with E-state index in [2.05, 4.69) is 46.8 Å². The van der Waals surface area contributed by atoms with Crippen LogP contribution in [0, 0.1) is 0 Å². The van der Waals surface area contributed by atoms with Gasteiger partial charge in [-0.05, 0) is 51.3 Å². The van der Waals surface area contributed by atoms with Gasteiger partial charge in [0.05, 0.1) is 20.1 Å². The number of fused-ring (bicyclic) bond motifs is 1. The average molecular weight is 591 g/mol. The zero-order valence-corrected chi connectivity index (χ0v) is 21.4. The summed E-state index contributed by atoms with van der Waals surface area (Å²) in [5.41, 5.74) is 8.94. The normalized spacial score (nSPS) is 10.9. The quantitative estimate of drug-likeness (QED) is 0.176. The summed E-state index contributed by atoms with van der Waals surface area (Å²) in [5.74, 6) is 0.657. The van der Waals surface area contributed by atoms with Gasteiger partial charge in [0.1, 0.15) is 19.0 Å². The minimum absolute atomic E-state index is 0.137. The van der Waals surface area contributed by atoms with Gasteiger partial charge in [-0.1, -0.05) is 40.2 Å². The molecule has 0 saturated carbocycles. The number of nitrogens with two attached hydrogens (primary N) is 1. The van der Waals surface area contributed by atoms with Gasteiger partial charge in [-0.15, -0.1) is 0 Å². The molecular formula is C23H21Br2N5O4. The van der Waals surface area contributed by atoms with Crippen molar-refractivity contribution in [1.82, 2.24) is 19.5 Å². The molecule has 0 fully saturated rings. The van der Waals surface area contributed by atoms with Crippen LogP contribution in [0.15, 0.2) is 57.7 Å². The molecule has 2 aromatic carbocycles. The lowest BCUT2D eigenvalue weighted by Crippen LogP contribution is -2.12. The summed E-state index contributed by atoms with van der Waals surface area (Å²) in [4.78, 5) is 24.8. The van der Waals surface area contributed by atoms with E-state index >= 15 is 0 Å². The number of nitrogens with zero attached hydrogens (tertiary/aromatic N) is 4. The summed E-state index contributed by atoms with van der Waals surface area (Å²) in [5, 5.41) is 0. The Balaban J connectivity index is 1.49. The first-order valence-electron chi connectivity index (χ1n) is 10.3. The Morgan fingerprint density at radius 3 is 2.50 bits per heavy atom. The van der Waals surface area contributed by atoms with Gasteiger partial charge in [0, 0.05) is 4.47 Å². The number of imidazole rings is 1. The van der Waals surface area contributed by atoms with Crippen molar-refractivity contribution >= 4 is 54.8 Å². The van der Waals surface area contributed by atoms with Crippen molar-refractivity contribution < 1.29 is 19.0 Å². The Morgan fingerprint density at radius 1 is 1.00 bits per heavy atom. The molecule has 0 bridgehead atoms. The van der Waals surface area contributed by atoms with Gasteiger partial charge in [-0.25, -0.2) is 4.98 Å². The van der Waals surface area contributed by atoms with Crippen molar-refractivity contribution in [2.45, 2.75) is 13.0 Å². The van der Waals surface area contributed by atoms with Gasteiger partial charge in [-0.3, -0.25) is 9.36 Å². The largest absolute Gasteiger partial charge is 0.490 e. The first-order valence-corrected chi connectivity index (χ1v) is 11.9. The van der Waals surface area contributed by atoms with E-state index in [0.717, 1.165) is 21.3 Å². The highest BCUT2D eigenvalue weighted by atomic mass is 79.9. The van der Waals surface area contributed by atoms with Gasteiger partial charge >= 0.3 is 12.0 Å². The molecule has 0 aliphatic carbocycles. The number of benzene rings is 2. The predicted octanol–water partition coefficient (Wildman–Crippen LogP) is 4.16. The molecule has 34 heavy (non-hydrogen) atoms. The Kier molecular flexibility index (Phi) is 7.63. The highest BCUT2D eigenvalue weighted by Gasteiger charge is 2.17. The standard InChI is InChI=1S/C23H21Br2N5O4/c1-32-18(31)12-14-3-2-4-15(11-14)13-30-21-19(27-22(30)25)20(26)28-23(29-21)34-10-9-33-17-7-5-16(24)6-8-17/h2-8,11H,9-10,12-13H2,1H3,(H2,26,28,29). The number of carbonyl (C=O) groups excluding carboxylic acids is 1. The molecule has 0 amide bonds. The summed E-state index contributed by atoms with van der Waals surface area (Å²) in [6, 6.07) is 15.3. The first kappa shape index (κ1) is 24.0. The van der Waals surface area contributed by atoms with Crippen molar-refractivity contribution in [3.05, 3.63) is 68.9 Å². The maximum Gasteiger partial charge on any atom is 0.320 e. The minimum atomic E-state index is -0.294. The summed E-state index contributed by atoms with van der Waals surface area (Å²) in [6.45, 7) is 1.01. The van der Waals surface area contributed by atoms with Crippen molar-refractivity contribution in [2.24, 2.45) is 0 Å². The van der Waals surface area contributed by atoms with Crippen molar-refractivity contribution in [3.63, 3.8) is 0 Å². The molecule has 2 N–H and O–H groups in total. The summed E-state index contributed by atoms with van der Waals surface area (Å²) >= 11 is 6.87. The van der Waals surface area contributed by atoms with Crippen LogP contribution in [0.2, 0.25) is 0 Å². The van der Waals surface area contributed by atoms with E-state index in [1.54, 1.807) is 0 Å². The third kappa shape index (κ3) is 5.84. The van der Waals surface area contributed by atoms with Crippen LogP contribution < -0.4 is 15.2 Å². The third-order valence-corrected chi connectivity index (χ3v) is 5.99. The smallest absolute Gasteiger partial charge is 0.320 e. The molecule has 4 aromatic rings. The summed E-state index contributed by atoms with van der Waals surface area (Å²) in [7, 11) is 1.37. The molecule has 2 heterocycles. The minimum Gasteiger partial charge on any atom is -0.490 e. The second-order valence-corrected chi connectivity index (χ2v) is 8.88. The van der Waals surface area contributed by atoms with Crippen LogP contribution in [0.5, 0.6) is 11.8 Å². The monoisotopic (exact) mass is 589 g/mol. The fourth-order valence-corrected chi connectivity index (χ4v) is 4.00. The number of halogens is 2. The number of anilines is 1. The average Bonchev–Trinajstić information content (AvgIpc) is 3.14. The van der Waals surface area contributed by atoms with Gasteiger partial charge in [0.2, 0.25) is 0 Å². The molecule has 0 atom stereocenters. The maximum absolute atomic E-state index is 11.6. The molecule has 0 saturated heterocycles. The molecule has 0 radical (unpaired) electrons. The van der Waals surface area contributed by atoms with E-state index in [1.165, 1.54) is 7.11 Å². The van der Waals surface area contributed by atoms with Crippen LogP contribution in [0.25, 0.3) is 11.2 Å². The number of ether oxygens (including phenoxy) is 3. The van der Waals surface area contributed by atoms with Crippen LogP contribution in [0.3, 0.4) is 0 Å². The van der Waals surface area contributed by atoms with E-state index < -0.39 is 0 Å². The van der Waals surface area contributed by atoms with Crippen LogP contribution >= 0.6 is 31.9 Å². The van der Waals surface area contributed by atoms with Crippen LogP contribution in [-0.4, -0.2) is 45.8 Å². The predicted molar refractivity (Wildman–Crippen MR) is 134 cm³/mol. The number of rotatable bonds is 9. The number of esters is 1. The molecule has 4 rings (SSSR count). The summed E-state index contributed by atoms with van der Waals surface area (Å²) in [6.07, 6.45) is 0.200. The molecule has 2 aromatic heterocycles. The number of methoxy groups -OCH3 is 1. The fraction of sp³-hybridized carbons (Fsp3) is 0.217. The Bertz CT molecular complexity index is 1310.